The van der Waals surface area contributed by atoms with Gasteiger partial charge in [-0.05, 0) is 24.3 Å². The Labute approximate surface area is 97.4 Å². The molecular formula is C9H11ClN2O2S. The van der Waals surface area contributed by atoms with Gasteiger partial charge in [-0.1, -0.05) is 6.92 Å². The third kappa shape index (κ3) is 2.82. The van der Waals surface area contributed by atoms with Crippen molar-refractivity contribution in [1.82, 2.24) is 9.97 Å². The molecule has 0 aromatic carbocycles. The van der Waals surface area contributed by atoms with Crippen LogP contribution in [-0.4, -0.2) is 28.8 Å². The van der Waals surface area contributed by atoms with Crippen LogP contribution in [0.15, 0.2) is 5.03 Å². The van der Waals surface area contributed by atoms with Crippen molar-refractivity contribution in [3.63, 3.8) is 0 Å². The molecule has 1 aromatic rings. The van der Waals surface area contributed by atoms with Crippen LogP contribution in [0.1, 0.15) is 23.0 Å². The highest BCUT2D eigenvalue weighted by Crippen LogP contribution is 2.24. The molecule has 15 heavy (non-hydrogen) atoms. The van der Waals surface area contributed by atoms with E-state index in [4.69, 9.17) is 11.6 Å². The molecule has 0 aliphatic heterocycles. The molecule has 1 heterocycles. The zero-order valence-electron chi connectivity index (χ0n) is 8.70. The largest absolute Gasteiger partial charge is 0.465 e. The van der Waals surface area contributed by atoms with Crippen molar-refractivity contribution in [1.29, 1.82) is 0 Å². The van der Waals surface area contributed by atoms with Gasteiger partial charge in [-0.25, -0.2) is 14.8 Å². The van der Waals surface area contributed by atoms with Crippen LogP contribution in [-0.2, 0) is 4.74 Å². The maximum Gasteiger partial charge on any atom is 0.342 e. The maximum atomic E-state index is 11.5. The summed E-state index contributed by atoms with van der Waals surface area (Å²) in [5.74, 6) is 0.372. The molecule has 1 rings (SSSR count). The second kappa shape index (κ2) is 5.32. The summed E-state index contributed by atoms with van der Waals surface area (Å²) in [7, 11) is 1.33. The zero-order chi connectivity index (χ0) is 11.4. The molecule has 0 amide bonds. The second-order valence-electron chi connectivity index (χ2n) is 2.68. The molecule has 0 N–H and O–H groups in total. The monoisotopic (exact) mass is 246 g/mol. The number of rotatable bonds is 3. The molecule has 0 fully saturated rings. The predicted molar refractivity (Wildman–Crippen MR) is 59.5 cm³/mol. The summed E-state index contributed by atoms with van der Waals surface area (Å²) in [6.07, 6.45) is 0. The Kier molecular flexibility index (Phi) is 4.35. The van der Waals surface area contributed by atoms with Crippen LogP contribution in [0.4, 0.5) is 0 Å². The highest BCUT2D eigenvalue weighted by atomic mass is 35.5. The Morgan fingerprint density at radius 2 is 2.20 bits per heavy atom. The van der Waals surface area contributed by atoms with Crippen LogP contribution < -0.4 is 0 Å². The van der Waals surface area contributed by atoms with Gasteiger partial charge >= 0.3 is 5.97 Å². The number of carbonyl (C=O) groups excluding carboxylic acids is 1. The summed E-state index contributed by atoms with van der Waals surface area (Å²) < 4.78 is 4.67. The first-order chi connectivity index (χ1) is 7.10. The van der Waals surface area contributed by atoms with Gasteiger partial charge in [-0.3, -0.25) is 0 Å². The van der Waals surface area contributed by atoms with Gasteiger partial charge < -0.3 is 4.74 Å². The molecule has 0 saturated heterocycles. The summed E-state index contributed by atoms with van der Waals surface area (Å²) in [5, 5.41) is 0.720. The van der Waals surface area contributed by atoms with E-state index in [0.717, 1.165) is 5.75 Å². The molecule has 0 spiro atoms. The Morgan fingerprint density at radius 3 is 2.73 bits per heavy atom. The predicted octanol–water partition coefficient (Wildman–Crippen LogP) is 2.34. The molecule has 4 nitrogen and oxygen atoms in total. The lowest BCUT2D eigenvalue weighted by molar-refractivity contribution is 0.0594. The number of aromatic nitrogens is 2. The van der Waals surface area contributed by atoms with E-state index >= 15 is 0 Å². The molecule has 0 aliphatic carbocycles. The lowest BCUT2D eigenvalue weighted by atomic mass is 10.2. The third-order valence-electron chi connectivity index (χ3n) is 1.70. The van der Waals surface area contributed by atoms with Crippen molar-refractivity contribution in [3.05, 3.63) is 16.5 Å². The van der Waals surface area contributed by atoms with Gasteiger partial charge in [0.15, 0.2) is 0 Å². The Hall–Kier alpha value is -0.810. The molecule has 0 unspecified atom stereocenters. The van der Waals surface area contributed by atoms with Crippen LogP contribution in [0.25, 0.3) is 0 Å². The SMILES string of the molecule is CCSc1nc(Cl)nc(C)c1C(=O)OC. The minimum absolute atomic E-state index is 0.149. The first kappa shape index (κ1) is 12.3. The van der Waals surface area contributed by atoms with E-state index in [1.807, 2.05) is 6.92 Å². The van der Waals surface area contributed by atoms with Crippen molar-refractivity contribution in [2.24, 2.45) is 0 Å². The van der Waals surface area contributed by atoms with Crippen LogP contribution in [0.2, 0.25) is 5.28 Å². The standard InChI is InChI=1S/C9H11ClN2O2S/c1-4-15-7-6(8(13)14-3)5(2)11-9(10)12-7/h4H2,1-3H3. The van der Waals surface area contributed by atoms with Crippen LogP contribution in [0.5, 0.6) is 0 Å². The quantitative estimate of drug-likeness (QED) is 0.355. The van der Waals surface area contributed by atoms with Crippen molar-refractivity contribution < 1.29 is 9.53 Å². The second-order valence-corrected chi connectivity index (χ2v) is 4.27. The van der Waals surface area contributed by atoms with Gasteiger partial charge in [-0.15, -0.1) is 11.8 Å². The first-order valence-electron chi connectivity index (χ1n) is 4.35. The zero-order valence-corrected chi connectivity index (χ0v) is 10.3. The van der Waals surface area contributed by atoms with Crippen LogP contribution in [0.3, 0.4) is 0 Å². The Balaban J connectivity index is 3.26. The van der Waals surface area contributed by atoms with Crippen LogP contribution >= 0.6 is 23.4 Å². The number of methoxy groups -OCH3 is 1. The average molecular weight is 247 g/mol. The van der Waals surface area contributed by atoms with E-state index < -0.39 is 5.97 Å². The number of carbonyl (C=O) groups is 1. The van der Waals surface area contributed by atoms with Crippen molar-refractivity contribution >= 4 is 29.3 Å². The highest BCUT2D eigenvalue weighted by Gasteiger charge is 2.18. The summed E-state index contributed by atoms with van der Waals surface area (Å²) in [6, 6.07) is 0. The van der Waals surface area contributed by atoms with Gasteiger partial charge in [0.2, 0.25) is 5.28 Å². The normalized spacial score (nSPS) is 10.1. The Bertz CT molecular complexity index is 385. The summed E-state index contributed by atoms with van der Waals surface area (Å²) in [5.41, 5.74) is 0.937. The van der Waals surface area contributed by atoms with E-state index in [9.17, 15) is 4.79 Å². The van der Waals surface area contributed by atoms with Crippen LogP contribution in [0, 0.1) is 6.92 Å². The fourth-order valence-corrected chi connectivity index (χ4v) is 2.15. The summed E-state index contributed by atoms with van der Waals surface area (Å²) >= 11 is 7.16. The average Bonchev–Trinajstić information content (AvgIpc) is 2.16. The number of hydrogen-bond acceptors (Lipinski definition) is 5. The van der Waals surface area contributed by atoms with E-state index in [2.05, 4.69) is 14.7 Å². The number of halogens is 1. The number of aryl methyl sites for hydroxylation is 1. The van der Waals surface area contributed by atoms with Gasteiger partial charge in [0, 0.05) is 0 Å². The van der Waals surface area contributed by atoms with Gasteiger partial charge in [0.05, 0.1) is 12.8 Å². The fourth-order valence-electron chi connectivity index (χ4n) is 1.09. The summed E-state index contributed by atoms with van der Waals surface area (Å²) in [6.45, 7) is 3.68. The van der Waals surface area contributed by atoms with Gasteiger partial charge in [-0.2, -0.15) is 0 Å². The van der Waals surface area contributed by atoms with Crippen molar-refractivity contribution in [3.8, 4) is 0 Å². The van der Waals surface area contributed by atoms with E-state index in [0.29, 0.717) is 16.3 Å². The molecule has 0 bridgehead atoms. The minimum atomic E-state index is -0.430. The highest BCUT2D eigenvalue weighted by molar-refractivity contribution is 7.99. The van der Waals surface area contributed by atoms with Crippen molar-refractivity contribution in [2.75, 3.05) is 12.9 Å². The molecule has 0 radical (unpaired) electrons. The molecule has 1 aromatic heterocycles. The number of thioether (sulfide) groups is 1. The number of esters is 1. The number of nitrogens with zero attached hydrogens (tertiary/aromatic N) is 2. The van der Waals surface area contributed by atoms with Gasteiger partial charge in [0.1, 0.15) is 10.6 Å². The van der Waals surface area contributed by atoms with Crippen molar-refractivity contribution in [2.45, 2.75) is 18.9 Å². The topological polar surface area (TPSA) is 52.1 Å². The smallest absolute Gasteiger partial charge is 0.342 e. The lowest BCUT2D eigenvalue weighted by Gasteiger charge is -2.08. The first-order valence-corrected chi connectivity index (χ1v) is 5.71. The fraction of sp³-hybridized carbons (Fsp3) is 0.444. The molecular weight excluding hydrogens is 236 g/mol. The van der Waals surface area contributed by atoms with Gasteiger partial charge in [0.25, 0.3) is 0 Å². The minimum Gasteiger partial charge on any atom is -0.465 e. The number of ether oxygens (including phenoxy) is 1. The Morgan fingerprint density at radius 1 is 1.53 bits per heavy atom. The molecule has 0 saturated carbocycles. The molecule has 6 heteroatoms. The lowest BCUT2D eigenvalue weighted by Crippen LogP contribution is -2.09. The maximum absolute atomic E-state index is 11.5. The molecule has 82 valence electrons. The summed E-state index contributed by atoms with van der Waals surface area (Å²) in [4.78, 5) is 19.4. The molecule has 0 atom stereocenters. The van der Waals surface area contributed by atoms with E-state index in [1.54, 1.807) is 6.92 Å². The number of hydrogen-bond donors (Lipinski definition) is 0. The van der Waals surface area contributed by atoms with E-state index in [-0.39, 0.29) is 5.28 Å². The van der Waals surface area contributed by atoms with E-state index in [1.165, 1.54) is 18.9 Å². The molecule has 0 aliphatic rings. The third-order valence-corrected chi connectivity index (χ3v) is 2.73.